The van der Waals surface area contributed by atoms with Gasteiger partial charge in [-0.25, -0.2) is 0 Å². The Morgan fingerprint density at radius 1 is 0.864 bits per heavy atom. The molecule has 1 amide bonds. The van der Waals surface area contributed by atoms with Crippen LogP contribution in [-0.4, -0.2) is 54.0 Å². The zero-order valence-electron chi connectivity index (χ0n) is 14.0. The molecule has 2 N–H and O–H groups in total. The van der Waals surface area contributed by atoms with Crippen LogP contribution >= 0.6 is 0 Å². The fourth-order valence-electron chi connectivity index (χ4n) is 4.88. The first-order valence-electron chi connectivity index (χ1n) is 9.51. The van der Waals surface area contributed by atoms with Crippen molar-refractivity contribution in [1.29, 1.82) is 0 Å². The van der Waals surface area contributed by atoms with Gasteiger partial charge in [-0.05, 0) is 64.1 Å². The fourth-order valence-corrected chi connectivity index (χ4v) is 4.88. The minimum absolute atomic E-state index is 0.0124. The second kappa shape index (κ2) is 7.78. The van der Waals surface area contributed by atoms with Crippen molar-refractivity contribution in [3.05, 3.63) is 0 Å². The normalized spacial score (nSPS) is 30.5. The summed E-state index contributed by atoms with van der Waals surface area (Å²) in [6, 6.07) is 0.601. The minimum Gasteiger partial charge on any atom is -0.368 e. The van der Waals surface area contributed by atoms with Gasteiger partial charge in [-0.15, -0.1) is 0 Å². The van der Waals surface area contributed by atoms with E-state index in [2.05, 4.69) is 9.80 Å². The molecule has 2 aliphatic heterocycles. The molecule has 4 heteroatoms. The van der Waals surface area contributed by atoms with Crippen molar-refractivity contribution in [3.8, 4) is 0 Å². The van der Waals surface area contributed by atoms with Crippen molar-refractivity contribution in [3.63, 3.8) is 0 Å². The van der Waals surface area contributed by atoms with E-state index in [1.54, 1.807) is 0 Å². The summed E-state index contributed by atoms with van der Waals surface area (Å²) in [5.74, 6) is 0.822. The minimum atomic E-state index is -0.113. The maximum absolute atomic E-state index is 11.6. The maximum atomic E-state index is 11.6. The second-order valence-electron chi connectivity index (χ2n) is 7.69. The van der Waals surface area contributed by atoms with Crippen LogP contribution < -0.4 is 5.73 Å². The van der Waals surface area contributed by atoms with E-state index in [1.807, 2.05) is 0 Å². The number of nitrogens with zero attached hydrogens (tertiary/aromatic N) is 2. The standard InChI is InChI=1S/C18H33N3O/c19-18(22)17-8-5-11-21(17)16-9-12-20(13-10-16)14-15-6-3-1-2-4-7-15/h15-17H,1-14H2,(H2,19,22). The van der Waals surface area contributed by atoms with Crippen LogP contribution in [0.4, 0.5) is 0 Å². The average molecular weight is 307 g/mol. The van der Waals surface area contributed by atoms with Gasteiger partial charge in [-0.2, -0.15) is 0 Å². The van der Waals surface area contributed by atoms with Crippen LogP contribution in [0.3, 0.4) is 0 Å². The van der Waals surface area contributed by atoms with Gasteiger partial charge in [0.1, 0.15) is 0 Å². The lowest BCUT2D eigenvalue weighted by atomic mass is 9.96. The lowest BCUT2D eigenvalue weighted by Crippen LogP contribution is -2.50. The van der Waals surface area contributed by atoms with Gasteiger partial charge in [-0.3, -0.25) is 9.69 Å². The quantitative estimate of drug-likeness (QED) is 0.811. The van der Waals surface area contributed by atoms with Gasteiger partial charge < -0.3 is 10.6 Å². The van der Waals surface area contributed by atoms with E-state index in [9.17, 15) is 4.79 Å². The third kappa shape index (κ3) is 4.02. The first kappa shape index (κ1) is 16.3. The summed E-state index contributed by atoms with van der Waals surface area (Å²) in [4.78, 5) is 16.7. The van der Waals surface area contributed by atoms with Gasteiger partial charge >= 0.3 is 0 Å². The van der Waals surface area contributed by atoms with Gasteiger partial charge in [0.2, 0.25) is 5.91 Å². The number of nitrogens with two attached hydrogens (primary N) is 1. The number of piperidine rings is 1. The molecule has 3 rings (SSSR count). The largest absolute Gasteiger partial charge is 0.368 e. The Morgan fingerprint density at radius 2 is 1.55 bits per heavy atom. The van der Waals surface area contributed by atoms with Gasteiger partial charge in [0.15, 0.2) is 0 Å². The first-order chi connectivity index (χ1) is 10.7. The van der Waals surface area contributed by atoms with Crippen LogP contribution in [0.5, 0.6) is 0 Å². The number of primary amides is 1. The highest BCUT2D eigenvalue weighted by Gasteiger charge is 2.35. The Labute approximate surface area is 135 Å². The molecule has 2 saturated heterocycles. The zero-order chi connectivity index (χ0) is 15.4. The molecule has 0 spiro atoms. The van der Waals surface area contributed by atoms with Gasteiger partial charge in [-0.1, -0.05) is 25.7 Å². The molecule has 4 nitrogen and oxygen atoms in total. The highest BCUT2D eigenvalue weighted by molar-refractivity contribution is 5.80. The molecule has 3 fully saturated rings. The fraction of sp³-hybridized carbons (Fsp3) is 0.944. The molecule has 1 atom stereocenters. The number of carbonyl (C=O) groups is 1. The smallest absolute Gasteiger partial charge is 0.234 e. The molecule has 0 bridgehead atoms. The number of carbonyl (C=O) groups excluding carboxylic acids is 1. The molecule has 1 saturated carbocycles. The molecule has 2 heterocycles. The van der Waals surface area contributed by atoms with E-state index in [4.69, 9.17) is 5.73 Å². The van der Waals surface area contributed by atoms with Crippen LogP contribution in [0.15, 0.2) is 0 Å². The van der Waals surface area contributed by atoms with Gasteiger partial charge in [0.05, 0.1) is 6.04 Å². The maximum Gasteiger partial charge on any atom is 0.234 e. The van der Waals surface area contributed by atoms with Crippen molar-refractivity contribution >= 4 is 5.91 Å². The van der Waals surface area contributed by atoms with E-state index in [-0.39, 0.29) is 11.9 Å². The van der Waals surface area contributed by atoms with Crippen LogP contribution in [0.1, 0.15) is 64.2 Å². The van der Waals surface area contributed by atoms with Gasteiger partial charge in [0.25, 0.3) is 0 Å². The predicted molar refractivity (Wildman–Crippen MR) is 89.6 cm³/mol. The Morgan fingerprint density at radius 3 is 2.18 bits per heavy atom. The molecule has 0 radical (unpaired) electrons. The number of hydrogen-bond donors (Lipinski definition) is 1. The third-order valence-electron chi connectivity index (χ3n) is 6.14. The number of amides is 1. The Bertz CT molecular complexity index is 357. The van der Waals surface area contributed by atoms with Crippen LogP contribution in [0.2, 0.25) is 0 Å². The molecular formula is C18H33N3O. The molecule has 1 unspecified atom stereocenters. The van der Waals surface area contributed by atoms with Crippen molar-refractivity contribution in [2.75, 3.05) is 26.2 Å². The first-order valence-corrected chi connectivity index (χ1v) is 9.51. The Hall–Kier alpha value is -0.610. The molecule has 0 aromatic rings. The molecular weight excluding hydrogens is 274 g/mol. The lowest BCUT2D eigenvalue weighted by Gasteiger charge is -2.39. The summed E-state index contributed by atoms with van der Waals surface area (Å²) < 4.78 is 0. The third-order valence-corrected chi connectivity index (χ3v) is 6.14. The highest BCUT2D eigenvalue weighted by Crippen LogP contribution is 2.28. The molecule has 126 valence electrons. The summed E-state index contributed by atoms with van der Waals surface area (Å²) >= 11 is 0. The van der Waals surface area contributed by atoms with Crippen molar-refractivity contribution in [2.24, 2.45) is 11.7 Å². The Kier molecular flexibility index (Phi) is 5.75. The van der Waals surface area contributed by atoms with E-state index in [1.165, 1.54) is 71.0 Å². The zero-order valence-corrected chi connectivity index (χ0v) is 14.0. The second-order valence-corrected chi connectivity index (χ2v) is 7.69. The summed E-state index contributed by atoms with van der Waals surface area (Å²) in [5, 5.41) is 0. The van der Waals surface area contributed by atoms with Crippen molar-refractivity contribution in [1.82, 2.24) is 9.80 Å². The van der Waals surface area contributed by atoms with Crippen molar-refractivity contribution < 1.29 is 4.79 Å². The van der Waals surface area contributed by atoms with E-state index < -0.39 is 0 Å². The van der Waals surface area contributed by atoms with Gasteiger partial charge in [0, 0.05) is 12.6 Å². The Balaban J connectivity index is 1.45. The van der Waals surface area contributed by atoms with Crippen LogP contribution in [0.25, 0.3) is 0 Å². The van der Waals surface area contributed by atoms with E-state index in [0.717, 1.165) is 25.3 Å². The number of likely N-dealkylation sites (tertiary alicyclic amines) is 2. The van der Waals surface area contributed by atoms with Crippen LogP contribution in [-0.2, 0) is 4.79 Å². The van der Waals surface area contributed by atoms with Crippen molar-refractivity contribution in [2.45, 2.75) is 76.3 Å². The van der Waals surface area contributed by atoms with Crippen LogP contribution in [0, 0.1) is 5.92 Å². The highest BCUT2D eigenvalue weighted by atomic mass is 16.1. The summed E-state index contributed by atoms with van der Waals surface area (Å²) in [6.07, 6.45) is 13.2. The molecule has 3 aliphatic rings. The SMILES string of the molecule is NC(=O)C1CCCN1C1CCN(CC2CCCCCC2)CC1. The lowest BCUT2D eigenvalue weighted by molar-refractivity contribution is -0.123. The molecule has 0 aromatic carbocycles. The molecule has 0 aromatic heterocycles. The monoisotopic (exact) mass is 307 g/mol. The molecule has 1 aliphatic carbocycles. The summed E-state index contributed by atoms with van der Waals surface area (Å²) in [5.41, 5.74) is 5.57. The molecule has 22 heavy (non-hydrogen) atoms. The summed E-state index contributed by atoms with van der Waals surface area (Å²) in [7, 11) is 0. The summed E-state index contributed by atoms with van der Waals surface area (Å²) in [6.45, 7) is 4.80. The topological polar surface area (TPSA) is 49.6 Å². The number of rotatable bonds is 4. The predicted octanol–water partition coefficient (Wildman–Crippen LogP) is 2.37. The average Bonchev–Trinajstić information content (AvgIpc) is 2.88. The number of hydrogen-bond acceptors (Lipinski definition) is 3. The van der Waals surface area contributed by atoms with E-state index in [0.29, 0.717) is 6.04 Å². The van der Waals surface area contributed by atoms with E-state index >= 15 is 0 Å².